The first-order chi connectivity index (χ1) is 3.27. The second kappa shape index (κ2) is 2.98. The minimum Gasteiger partial charge on any atom is -1.00 e. The molecule has 0 saturated carbocycles. The Labute approximate surface area is 67.1 Å². The van der Waals surface area contributed by atoms with Gasteiger partial charge in [0.15, 0.2) is 0 Å². The topological polar surface area (TPSA) is 20.2 Å². The number of aliphatic hydroxyl groups is 1. The zero-order valence-corrected chi connectivity index (χ0v) is 7.26. The summed E-state index contributed by atoms with van der Waals surface area (Å²) in [6.45, 7) is 3.82. The first kappa shape index (κ1) is 8.65. The quantitative estimate of drug-likeness (QED) is 0.295. The molecule has 1 aliphatic rings. The Hall–Kier alpha value is 0.650. The van der Waals surface area contributed by atoms with Gasteiger partial charge in [0.25, 0.3) is 0 Å². The maximum Gasteiger partial charge on any atom is 0.129 e. The minimum absolute atomic E-state index is 0. The monoisotopic (exact) mass is 229 g/mol. The molecule has 0 amide bonds. The van der Waals surface area contributed by atoms with Crippen molar-refractivity contribution in [2.24, 2.45) is 0 Å². The number of quaternary nitrogens is 1. The van der Waals surface area contributed by atoms with Crippen LogP contribution in [0, 0.1) is 0 Å². The van der Waals surface area contributed by atoms with E-state index in [1.165, 1.54) is 13.1 Å². The molecule has 0 spiro atoms. The molecular weight excluding hydrogens is 217 g/mol. The highest BCUT2D eigenvalue weighted by Crippen LogP contribution is 2.14. The third-order valence-electron chi connectivity index (χ3n) is 1.63. The number of hydrogen-bond acceptors (Lipinski definition) is 1. The Morgan fingerprint density at radius 2 is 2.00 bits per heavy atom. The number of hydrogen-bond donors (Lipinski definition) is 1. The van der Waals surface area contributed by atoms with Gasteiger partial charge in [0, 0.05) is 0 Å². The number of likely N-dealkylation sites (N-methyl/N-ethyl adjacent to an activating group) is 1. The molecule has 0 aromatic rings. The van der Waals surface area contributed by atoms with Crippen molar-refractivity contribution in [3.63, 3.8) is 0 Å². The van der Waals surface area contributed by atoms with Crippen molar-refractivity contribution in [3.05, 3.63) is 0 Å². The Morgan fingerprint density at radius 1 is 1.50 bits per heavy atom. The molecule has 8 heavy (non-hydrogen) atoms. The first-order valence-electron chi connectivity index (χ1n) is 2.71. The van der Waals surface area contributed by atoms with Crippen molar-refractivity contribution < 1.29 is 33.6 Å². The van der Waals surface area contributed by atoms with Crippen LogP contribution in [0.1, 0.15) is 0 Å². The van der Waals surface area contributed by atoms with Gasteiger partial charge in [-0.2, -0.15) is 0 Å². The Bertz CT molecular complexity index is 72.8. The molecule has 2 nitrogen and oxygen atoms in total. The van der Waals surface area contributed by atoms with E-state index in [1.54, 1.807) is 0 Å². The van der Waals surface area contributed by atoms with E-state index < -0.39 is 0 Å². The van der Waals surface area contributed by atoms with Crippen LogP contribution in [0.5, 0.6) is 0 Å². The lowest BCUT2D eigenvalue weighted by Crippen LogP contribution is -3.00. The van der Waals surface area contributed by atoms with Crippen molar-refractivity contribution in [2.45, 2.75) is 0 Å². The third-order valence-corrected chi connectivity index (χ3v) is 1.63. The lowest BCUT2D eigenvalue weighted by Gasteiger charge is -2.06. The highest BCUT2D eigenvalue weighted by molar-refractivity contribution is 4.49. The van der Waals surface area contributed by atoms with Crippen molar-refractivity contribution in [3.8, 4) is 0 Å². The third kappa shape index (κ3) is 2.28. The summed E-state index contributed by atoms with van der Waals surface area (Å²) < 4.78 is 1.09. The van der Waals surface area contributed by atoms with E-state index in [1.807, 2.05) is 0 Å². The summed E-state index contributed by atoms with van der Waals surface area (Å²) in [6, 6.07) is 0. The van der Waals surface area contributed by atoms with Crippen LogP contribution in [0.3, 0.4) is 0 Å². The molecule has 0 atom stereocenters. The largest absolute Gasteiger partial charge is 1.00 e. The summed E-state index contributed by atoms with van der Waals surface area (Å²) in [5, 5.41) is 8.43. The number of halogens is 1. The number of aliphatic hydroxyl groups excluding tert-OH is 1. The lowest BCUT2D eigenvalue weighted by atomic mass is 10.6. The van der Waals surface area contributed by atoms with Gasteiger partial charge in [-0.1, -0.05) is 0 Å². The molecule has 1 N–H and O–H groups in total. The van der Waals surface area contributed by atoms with Gasteiger partial charge in [0.2, 0.25) is 0 Å². The molecule has 1 saturated heterocycles. The van der Waals surface area contributed by atoms with Crippen LogP contribution >= 0.6 is 0 Å². The lowest BCUT2D eigenvalue weighted by molar-refractivity contribution is -0.777. The predicted molar refractivity (Wildman–Crippen MR) is 27.9 cm³/mol. The van der Waals surface area contributed by atoms with Crippen LogP contribution < -0.4 is 24.0 Å². The molecule has 0 bridgehead atoms. The molecule has 0 aromatic heterocycles. The Kier molecular flexibility index (Phi) is 3.23. The maximum absolute atomic E-state index is 8.43. The minimum atomic E-state index is 0. The molecule has 0 radical (unpaired) electrons. The summed E-state index contributed by atoms with van der Waals surface area (Å²) in [4.78, 5) is 0. The van der Waals surface area contributed by atoms with Crippen LogP contribution in [0.2, 0.25) is 0 Å². The van der Waals surface area contributed by atoms with Crippen LogP contribution in [0.4, 0.5) is 0 Å². The Morgan fingerprint density at radius 3 is 2.12 bits per heavy atom. The molecule has 0 unspecified atom stereocenters. The van der Waals surface area contributed by atoms with Gasteiger partial charge in [-0.15, -0.1) is 0 Å². The molecule has 0 aliphatic carbocycles. The van der Waals surface area contributed by atoms with Crippen LogP contribution in [-0.4, -0.2) is 42.9 Å². The fourth-order valence-electron chi connectivity index (χ4n) is 0.636. The van der Waals surface area contributed by atoms with Crippen molar-refractivity contribution >= 4 is 0 Å². The van der Waals surface area contributed by atoms with Gasteiger partial charge >= 0.3 is 0 Å². The first-order valence-corrected chi connectivity index (χ1v) is 2.71. The van der Waals surface area contributed by atoms with Crippen molar-refractivity contribution in [1.29, 1.82) is 0 Å². The van der Waals surface area contributed by atoms with E-state index in [9.17, 15) is 0 Å². The van der Waals surface area contributed by atoms with Gasteiger partial charge < -0.3 is 33.6 Å². The SMILES string of the molecule is C[N+]1(CCO)CC1.[I-]. The van der Waals surface area contributed by atoms with Gasteiger partial charge in [-0.25, -0.2) is 0 Å². The zero-order chi connectivity index (χ0) is 5.33. The van der Waals surface area contributed by atoms with E-state index in [0.717, 1.165) is 11.0 Å². The van der Waals surface area contributed by atoms with Crippen LogP contribution in [0.25, 0.3) is 0 Å². The zero-order valence-electron chi connectivity index (χ0n) is 5.10. The summed E-state index contributed by atoms with van der Waals surface area (Å²) in [5.41, 5.74) is 0. The fourth-order valence-corrected chi connectivity index (χ4v) is 0.636. The van der Waals surface area contributed by atoms with E-state index >= 15 is 0 Å². The molecule has 50 valence electrons. The average molecular weight is 229 g/mol. The maximum atomic E-state index is 8.43. The molecule has 1 heterocycles. The van der Waals surface area contributed by atoms with E-state index in [2.05, 4.69) is 7.05 Å². The Balaban J connectivity index is 0.000000490. The van der Waals surface area contributed by atoms with Gasteiger partial charge in [-0.05, 0) is 0 Å². The van der Waals surface area contributed by atoms with Gasteiger partial charge in [-0.3, -0.25) is 0 Å². The smallest absolute Gasteiger partial charge is 0.129 e. The van der Waals surface area contributed by atoms with Crippen molar-refractivity contribution in [2.75, 3.05) is 33.3 Å². The van der Waals surface area contributed by atoms with Gasteiger partial charge in [0.05, 0.1) is 13.7 Å². The fraction of sp³-hybridized carbons (Fsp3) is 1.00. The standard InChI is InChI=1S/C5H12NO.HI/c1-6(2-3-6)4-5-7;/h7H,2-5H2,1H3;1H/q+1;/p-1. The number of rotatable bonds is 2. The average Bonchev–Trinajstić information content (AvgIpc) is 2.22. The highest BCUT2D eigenvalue weighted by Gasteiger charge is 2.35. The second-order valence-corrected chi connectivity index (χ2v) is 2.51. The van der Waals surface area contributed by atoms with Crippen molar-refractivity contribution in [1.82, 2.24) is 0 Å². The number of nitrogens with zero attached hydrogens (tertiary/aromatic N) is 1. The summed E-state index contributed by atoms with van der Waals surface area (Å²) in [5.74, 6) is 0. The molecular formula is C5H12INO. The summed E-state index contributed by atoms with van der Waals surface area (Å²) >= 11 is 0. The van der Waals surface area contributed by atoms with E-state index in [-0.39, 0.29) is 24.0 Å². The molecule has 1 fully saturated rings. The molecule has 3 heteroatoms. The summed E-state index contributed by atoms with van der Waals surface area (Å²) in [6.07, 6.45) is 0. The van der Waals surface area contributed by atoms with E-state index in [4.69, 9.17) is 5.11 Å². The summed E-state index contributed by atoms with van der Waals surface area (Å²) in [7, 11) is 2.16. The molecule has 1 rings (SSSR count). The van der Waals surface area contributed by atoms with Crippen LogP contribution in [0.15, 0.2) is 0 Å². The van der Waals surface area contributed by atoms with Crippen LogP contribution in [-0.2, 0) is 0 Å². The highest BCUT2D eigenvalue weighted by atomic mass is 127. The second-order valence-electron chi connectivity index (χ2n) is 2.51. The van der Waals surface area contributed by atoms with Gasteiger partial charge in [0.1, 0.15) is 19.6 Å². The molecule has 1 aliphatic heterocycles. The molecule has 0 aromatic carbocycles. The van der Waals surface area contributed by atoms with E-state index in [0.29, 0.717) is 6.61 Å². The normalized spacial score (nSPS) is 21.8. The predicted octanol–water partition coefficient (Wildman–Crippen LogP) is -3.56.